The van der Waals surface area contributed by atoms with Gasteiger partial charge in [0, 0.05) is 35.7 Å². The monoisotopic (exact) mass is 375 g/mol. The van der Waals surface area contributed by atoms with E-state index in [4.69, 9.17) is 10.8 Å². The van der Waals surface area contributed by atoms with Gasteiger partial charge in [0.25, 0.3) is 0 Å². The topological polar surface area (TPSA) is 115 Å². The molecule has 28 heavy (non-hydrogen) atoms. The first-order valence-electron chi connectivity index (χ1n) is 9.08. The quantitative estimate of drug-likeness (QED) is 0.475. The summed E-state index contributed by atoms with van der Waals surface area (Å²) in [5.74, 6) is 1.11. The number of rotatable bonds is 6. The van der Waals surface area contributed by atoms with Crippen molar-refractivity contribution in [1.82, 2.24) is 24.7 Å². The molecule has 0 spiro atoms. The van der Waals surface area contributed by atoms with Gasteiger partial charge in [-0.3, -0.25) is 9.67 Å². The van der Waals surface area contributed by atoms with Gasteiger partial charge in [-0.15, -0.1) is 0 Å². The Morgan fingerprint density at radius 1 is 1.21 bits per heavy atom. The Balaban J connectivity index is 1.71. The summed E-state index contributed by atoms with van der Waals surface area (Å²) in [6.07, 6.45) is 9.72. The molecule has 0 saturated carbocycles. The summed E-state index contributed by atoms with van der Waals surface area (Å²) in [5, 5.41) is 18.1. The van der Waals surface area contributed by atoms with Gasteiger partial charge in [0.1, 0.15) is 11.6 Å². The molecule has 0 bridgehead atoms. The standard InChI is InChI=1S/C20H21N7O/c1-2-13-3-4-22-10-16(13)18-7-14-8-19(23-11-17(14)20(21)26-18)25-15-9-24-27(12-15)5-6-28/h3-4,7-12,28H,2,5-6H2,1H3,(H2,21,26)(H,23,25). The van der Waals surface area contributed by atoms with Crippen molar-refractivity contribution >= 4 is 28.1 Å². The molecule has 0 amide bonds. The highest BCUT2D eigenvalue weighted by molar-refractivity contribution is 5.94. The Bertz CT molecular complexity index is 1120. The molecule has 0 fully saturated rings. The summed E-state index contributed by atoms with van der Waals surface area (Å²) in [6, 6.07) is 5.94. The highest BCUT2D eigenvalue weighted by atomic mass is 16.3. The first kappa shape index (κ1) is 17.9. The number of aryl methyl sites for hydroxylation is 1. The Morgan fingerprint density at radius 2 is 2.11 bits per heavy atom. The molecule has 8 heteroatoms. The molecule has 0 radical (unpaired) electrons. The number of hydrogen-bond acceptors (Lipinski definition) is 7. The fourth-order valence-electron chi connectivity index (χ4n) is 3.14. The Kier molecular flexibility index (Phi) is 4.86. The number of hydrogen-bond donors (Lipinski definition) is 3. The zero-order chi connectivity index (χ0) is 19.5. The average molecular weight is 375 g/mol. The maximum atomic E-state index is 9.00. The highest BCUT2D eigenvalue weighted by Crippen LogP contribution is 2.29. The summed E-state index contributed by atoms with van der Waals surface area (Å²) in [7, 11) is 0. The van der Waals surface area contributed by atoms with Crippen LogP contribution in [0.1, 0.15) is 12.5 Å². The molecule has 4 aromatic heterocycles. The van der Waals surface area contributed by atoms with Gasteiger partial charge in [-0.1, -0.05) is 6.92 Å². The second kappa shape index (κ2) is 7.61. The third kappa shape index (κ3) is 3.49. The van der Waals surface area contributed by atoms with Crippen molar-refractivity contribution in [1.29, 1.82) is 0 Å². The summed E-state index contributed by atoms with van der Waals surface area (Å²) < 4.78 is 1.66. The van der Waals surface area contributed by atoms with Crippen molar-refractivity contribution in [3.8, 4) is 11.3 Å². The summed E-state index contributed by atoms with van der Waals surface area (Å²) in [6.45, 7) is 2.59. The fraction of sp³-hybridized carbons (Fsp3) is 0.200. The molecule has 4 rings (SSSR count). The minimum absolute atomic E-state index is 0.0402. The smallest absolute Gasteiger partial charge is 0.133 e. The third-order valence-electron chi connectivity index (χ3n) is 4.55. The maximum absolute atomic E-state index is 9.00. The molecular weight excluding hydrogens is 354 g/mol. The number of aliphatic hydroxyl groups is 1. The SMILES string of the molecule is CCc1ccncc1-c1cc2cc(Nc3cnn(CCO)c3)ncc2c(N)n1. The van der Waals surface area contributed by atoms with Crippen LogP contribution in [0.5, 0.6) is 0 Å². The molecule has 4 heterocycles. The van der Waals surface area contributed by atoms with Crippen LogP contribution < -0.4 is 11.1 Å². The predicted octanol–water partition coefficient (Wildman–Crippen LogP) is 2.77. The van der Waals surface area contributed by atoms with Gasteiger partial charge in [0.05, 0.1) is 30.7 Å². The van der Waals surface area contributed by atoms with Gasteiger partial charge >= 0.3 is 0 Å². The second-order valence-electron chi connectivity index (χ2n) is 6.41. The number of aromatic nitrogens is 5. The number of anilines is 3. The van der Waals surface area contributed by atoms with E-state index in [1.54, 1.807) is 23.3 Å². The van der Waals surface area contributed by atoms with Gasteiger partial charge in [0.2, 0.25) is 0 Å². The number of pyridine rings is 3. The lowest BCUT2D eigenvalue weighted by molar-refractivity contribution is 0.269. The van der Waals surface area contributed by atoms with Crippen LogP contribution >= 0.6 is 0 Å². The van der Waals surface area contributed by atoms with E-state index in [-0.39, 0.29) is 6.61 Å². The number of nitrogen functional groups attached to an aromatic ring is 1. The van der Waals surface area contributed by atoms with E-state index in [1.807, 2.05) is 30.6 Å². The van der Waals surface area contributed by atoms with E-state index >= 15 is 0 Å². The average Bonchev–Trinajstić information content (AvgIpc) is 3.14. The van der Waals surface area contributed by atoms with Crippen LogP contribution in [0.15, 0.2) is 49.2 Å². The van der Waals surface area contributed by atoms with Crippen molar-refractivity contribution in [2.45, 2.75) is 19.9 Å². The van der Waals surface area contributed by atoms with Crippen LogP contribution in [0.4, 0.5) is 17.3 Å². The molecule has 0 aliphatic rings. The van der Waals surface area contributed by atoms with Crippen molar-refractivity contribution < 1.29 is 5.11 Å². The van der Waals surface area contributed by atoms with E-state index in [9.17, 15) is 0 Å². The lowest BCUT2D eigenvalue weighted by atomic mass is 10.0. The number of nitrogens with one attached hydrogen (secondary N) is 1. The largest absolute Gasteiger partial charge is 0.394 e. The lowest BCUT2D eigenvalue weighted by Gasteiger charge is -2.10. The molecule has 142 valence electrons. The van der Waals surface area contributed by atoms with E-state index in [0.29, 0.717) is 18.2 Å². The highest BCUT2D eigenvalue weighted by Gasteiger charge is 2.10. The Labute approximate surface area is 162 Å². The molecule has 4 N–H and O–H groups in total. The van der Waals surface area contributed by atoms with Crippen LogP contribution in [-0.4, -0.2) is 36.4 Å². The van der Waals surface area contributed by atoms with Crippen molar-refractivity contribution in [3.63, 3.8) is 0 Å². The van der Waals surface area contributed by atoms with E-state index in [1.165, 1.54) is 5.56 Å². The molecule has 0 aromatic carbocycles. The fourth-order valence-corrected chi connectivity index (χ4v) is 3.14. The molecule has 0 aliphatic heterocycles. The van der Waals surface area contributed by atoms with Crippen molar-refractivity contribution in [3.05, 3.63) is 54.7 Å². The first-order valence-corrected chi connectivity index (χ1v) is 9.08. The van der Waals surface area contributed by atoms with Gasteiger partial charge in [-0.2, -0.15) is 5.10 Å². The predicted molar refractivity (Wildman–Crippen MR) is 109 cm³/mol. The number of fused-ring (bicyclic) bond motifs is 1. The third-order valence-corrected chi connectivity index (χ3v) is 4.55. The maximum Gasteiger partial charge on any atom is 0.133 e. The van der Waals surface area contributed by atoms with Crippen molar-refractivity contribution in [2.24, 2.45) is 0 Å². The molecule has 0 atom stereocenters. The van der Waals surface area contributed by atoms with E-state index in [2.05, 4.69) is 32.3 Å². The van der Waals surface area contributed by atoms with E-state index in [0.717, 1.165) is 34.1 Å². The number of nitrogens with two attached hydrogens (primary N) is 1. The van der Waals surface area contributed by atoms with E-state index < -0.39 is 0 Å². The van der Waals surface area contributed by atoms with Gasteiger partial charge in [0.15, 0.2) is 0 Å². The Hall–Kier alpha value is -3.52. The zero-order valence-electron chi connectivity index (χ0n) is 15.5. The molecule has 8 nitrogen and oxygen atoms in total. The van der Waals surface area contributed by atoms with Gasteiger partial charge < -0.3 is 16.2 Å². The molecule has 4 aromatic rings. The molecule has 0 aliphatic carbocycles. The minimum atomic E-state index is 0.0402. The van der Waals surface area contributed by atoms with Crippen LogP contribution in [0.25, 0.3) is 22.0 Å². The molecular formula is C20H21N7O. The number of nitrogens with zero attached hydrogens (tertiary/aromatic N) is 5. The summed E-state index contributed by atoms with van der Waals surface area (Å²) in [5.41, 5.74) is 9.94. The second-order valence-corrected chi connectivity index (χ2v) is 6.41. The number of aliphatic hydroxyl groups excluding tert-OH is 1. The lowest BCUT2D eigenvalue weighted by Crippen LogP contribution is -2.01. The minimum Gasteiger partial charge on any atom is -0.394 e. The zero-order valence-corrected chi connectivity index (χ0v) is 15.5. The normalized spacial score (nSPS) is 11.1. The van der Waals surface area contributed by atoms with Crippen LogP contribution in [0.2, 0.25) is 0 Å². The summed E-state index contributed by atoms with van der Waals surface area (Å²) >= 11 is 0. The van der Waals surface area contributed by atoms with Gasteiger partial charge in [-0.05, 0) is 35.6 Å². The first-order chi connectivity index (χ1) is 13.7. The summed E-state index contributed by atoms with van der Waals surface area (Å²) in [4.78, 5) is 13.2. The van der Waals surface area contributed by atoms with Gasteiger partial charge in [-0.25, -0.2) is 9.97 Å². The van der Waals surface area contributed by atoms with Crippen LogP contribution in [0.3, 0.4) is 0 Å². The van der Waals surface area contributed by atoms with Crippen LogP contribution in [-0.2, 0) is 13.0 Å². The Morgan fingerprint density at radius 3 is 2.93 bits per heavy atom. The molecule has 0 unspecified atom stereocenters. The van der Waals surface area contributed by atoms with Crippen molar-refractivity contribution in [2.75, 3.05) is 17.7 Å². The van der Waals surface area contributed by atoms with Crippen LogP contribution in [0, 0.1) is 0 Å². The molecule has 0 saturated heterocycles.